The van der Waals surface area contributed by atoms with Crippen molar-refractivity contribution in [1.29, 1.82) is 0 Å². The first kappa shape index (κ1) is 11.7. The zero-order chi connectivity index (χ0) is 7.56. The van der Waals surface area contributed by atoms with E-state index < -0.39 is 0 Å². The Morgan fingerprint density at radius 3 is 2.09 bits per heavy atom. The average molecular weight is 175 g/mol. The van der Waals surface area contributed by atoms with Gasteiger partial charge in [0.15, 0.2) is 0 Å². The van der Waals surface area contributed by atoms with E-state index in [0.29, 0.717) is 0 Å². The van der Waals surface area contributed by atoms with Gasteiger partial charge in [-0.1, -0.05) is 18.2 Å². The maximum Gasteiger partial charge on any atom is 1.00 e. The van der Waals surface area contributed by atoms with E-state index in [2.05, 4.69) is 50.2 Å². The van der Waals surface area contributed by atoms with Crippen molar-refractivity contribution in [2.24, 2.45) is 0 Å². The molecule has 1 rings (SSSR count). The summed E-state index contributed by atoms with van der Waals surface area (Å²) in [6.45, 7) is 2.12. The number of benzene rings is 1. The van der Waals surface area contributed by atoms with Crippen LogP contribution in [-0.2, 0) is 0 Å². The number of para-hydroxylation sites is 1. The van der Waals surface area contributed by atoms with E-state index >= 15 is 0 Å². The van der Waals surface area contributed by atoms with Gasteiger partial charge in [-0.25, -0.2) is 0 Å². The number of hydrogen-bond donors (Lipinski definition) is 0. The fourth-order valence-corrected chi connectivity index (χ4v) is 1.07. The minimum Gasteiger partial charge on any atom is -1.00 e. The molecule has 0 aliphatic rings. The van der Waals surface area contributed by atoms with Gasteiger partial charge in [-0.15, -0.1) is 0 Å². The molecule has 0 saturated heterocycles. The van der Waals surface area contributed by atoms with Crippen molar-refractivity contribution < 1.29 is 52.8 Å². The van der Waals surface area contributed by atoms with E-state index in [-0.39, 0.29) is 52.8 Å². The summed E-state index contributed by atoms with van der Waals surface area (Å²) in [5.41, 5.74) is 2.62. The molecule has 0 atom stereocenters. The molecular formula is C9H14KN. The summed E-state index contributed by atoms with van der Waals surface area (Å²) in [5, 5.41) is 0. The zero-order valence-corrected chi connectivity index (χ0v) is 10.9. The van der Waals surface area contributed by atoms with Gasteiger partial charge in [-0.3, -0.25) is 0 Å². The summed E-state index contributed by atoms with van der Waals surface area (Å²) in [4.78, 5) is 2.12. The van der Waals surface area contributed by atoms with Crippen LogP contribution in [0.15, 0.2) is 24.3 Å². The molecule has 1 aromatic rings. The van der Waals surface area contributed by atoms with Gasteiger partial charge in [-0.2, -0.15) is 0 Å². The zero-order valence-electron chi connectivity index (χ0n) is 8.76. The van der Waals surface area contributed by atoms with Crippen molar-refractivity contribution in [3.8, 4) is 0 Å². The number of hydrogen-bond acceptors (Lipinski definition) is 1. The van der Waals surface area contributed by atoms with Crippen LogP contribution in [0, 0.1) is 6.92 Å². The topological polar surface area (TPSA) is 3.24 Å². The van der Waals surface area contributed by atoms with Crippen LogP contribution in [0.3, 0.4) is 0 Å². The van der Waals surface area contributed by atoms with Crippen LogP contribution >= 0.6 is 0 Å². The van der Waals surface area contributed by atoms with Gasteiger partial charge < -0.3 is 6.33 Å². The third-order valence-corrected chi connectivity index (χ3v) is 1.60. The van der Waals surface area contributed by atoms with Crippen molar-refractivity contribution in [1.82, 2.24) is 0 Å². The van der Waals surface area contributed by atoms with E-state index in [4.69, 9.17) is 0 Å². The molecule has 0 heterocycles. The largest absolute Gasteiger partial charge is 1.00 e. The Bertz CT molecular complexity index is 226. The summed E-state index contributed by atoms with van der Waals surface area (Å²) in [6.07, 6.45) is 0. The quantitative estimate of drug-likeness (QED) is 0.504. The Hall–Kier alpha value is 0.656. The molecule has 0 unspecified atom stereocenters. The average Bonchev–Trinajstić information content (AvgIpc) is 1.88. The van der Waals surface area contributed by atoms with Crippen molar-refractivity contribution in [2.75, 3.05) is 19.0 Å². The van der Waals surface area contributed by atoms with E-state index in [1.54, 1.807) is 0 Å². The van der Waals surface area contributed by atoms with Crippen LogP contribution < -0.4 is 56.3 Å². The van der Waals surface area contributed by atoms with Crippen LogP contribution in [0.4, 0.5) is 5.69 Å². The van der Waals surface area contributed by atoms with Crippen LogP contribution in [0.1, 0.15) is 6.99 Å². The van der Waals surface area contributed by atoms with Crippen LogP contribution in [0.25, 0.3) is 0 Å². The molecule has 2 heteroatoms. The van der Waals surface area contributed by atoms with E-state index in [1.165, 1.54) is 11.3 Å². The molecule has 0 radical (unpaired) electrons. The molecule has 0 aliphatic heterocycles. The minimum atomic E-state index is 0. The van der Waals surface area contributed by atoms with Crippen molar-refractivity contribution >= 4 is 5.69 Å². The Balaban J connectivity index is 0. The third-order valence-electron chi connectivity index (χ3n) is 1.60. The molecule has 0 aliphatic carbocycles. The van der Waals surface area contributed by atoms with Gasteiger partial charge >= 0.3 is 51.4 Å². The molecule has 56 valence electrons. The summed E-state index contributed by atoms with van der Waals surface area (Å²) in [6, 6.07) is 8.36. The molecule has 0 spiro atoms. The summed E-state index contributed by atoms with van der Waals surface area (Å²) in [5.74, 6) is 0. The predicted octanol–water partition coefficient (Wildman–Crippen LogP) is -0.822. The molecule has 0 aromatic heterocycles. The molecule has 1 aromatic carbocycles. The monoisotopic (exact) mass is 175 g/mol. The summed E-state index contributed by atoms with van der Waals surface area (Å²) in [7, 11) is 4.12. The van der Waals surface area contributed by atoms with E-state index in [0.717, 1.165) is 0 Å². The van der Waals surface area contributed by atoms with Gasteiger partial charge in [0.1, 0.15) is 0 Å². The predicted molar refractivity (Wildman–Crippen MR) is 46.6 cm³/mol. The van der Waals surface area contributed by atoms with Gasteiger partial charge in [0, 0.05) is 19.8 Å². The molecular weight excluding hydrogens is 161 g/mol. The second kappa shape index (κ2) is 5.33. The smallest absolute Gasteiger partial charge is 1.00 e. The first-order chi connectivity index (χ1) is 4.72. The molecule has 0 amide bonds. The van der Waals surface area contributed by atoms with Gasteiger partial charge in [0.05, 0.1) is 0 Å². The van der Waals surface area contributed by atoms with Crippen LogP contribution in [0.2, 0.25) is 0 Å². The van der Waals surface area contributed by atoms with Gasteiger partial charge in [-0.05, 0) is 18.6 Å². The maximum atomic E-state index is 2.12. The fraction of sp³-hybridized carbons (Fsp3) is 0.333. The molecule has 0 saturated carbocycles. The number of rotatable bonds is 1. The van der Waals surface area contributed by atoms with Crippen LogP contribution in [0.5, 0.6) is 0 Å². The summed E-state index contributed by atoms with van der Waals surface area (Å²) < 4.78 is 0. The maximum absolute atomic E-state index is 2.12. The summed E-state index contributed by atoms with van der Waals surface area (Å²) >= 11 is 0. The number of anilines is 1. The molecule has 1 nitrogen and oxygen atoms in total. The van der Waals surface area contributed by atoms with Crippen molar-refractivity contribution in [3.05, 3.63) is 29.8 Å². The number of nitrogens with zero attached hydrogens (tertiary/aromatic N) is 1. The van der Waals surface area contributed by atoms with E-state index in [9.17, 15) is 0 Å². The Labute approximate surface area is 113 Å². The Morgan fingerprint density at radius 2 is 1.73 bits per heavy atom. The third kappa shape index (κ3) is 3.26. The van der Waals surface area contributed by atoms with Gasteiger partial charge in [0.25, 0.3) is 0 Å². The first-order valence-electron chi connectivity index (χ1n) is 3.45. The van der Waals surface area contributed by atoms with Gasteiger partial charge in [0.2, 0.25) is 0 Å². The number of aryl methyl sites for hydroxylation is 1. The fourth-order valence-electron chi connectivity index (χ4n) is 1.07. The molecule has 0 N–H and O–H groups in total. The Kier molecular flexibility index (Phi) is 5.65. The van der Waals surface area contributed by atoms with Crippen molar-refractivity contribution in [3.63, 3.8) is 0 Å². The van der Waals surface area contributed by atoms with Crippen molar-refractivity contribution in [2.45, 2.75) is 6.92 Å². The minimum absolute atomic E-state index is 0. The molecule has 11 heavy (non-hydrogen) atoms. The molecule has 0 bridgehead atoms. The second-order valence-corrected chi connectivity index (χ2v) is 2.68. The standard InChI is InChI=1S/C9H13N.K.H/c1-8-6-4-5-7-9(8)10(2)3;;/h4-7H,1-3H3;;/q;+1;-1. The second-order valence-electron chi connectivity index (χ2n) is 2.68. The van der Waals surface area contributed by atoms with Crippen LogP contribution in [-0.4, -0.2) is 14.1 Å². The first-order valence-corrected chi connectivity index (χ1v) is 3.45. The van der Waals surface area contributed by atoms with E-state index in [1.807, 2.05) is 0 Å². The Morgan fingerprint density at radius 1 is 1.18 bits per heavy atom. The normalized spacial score (nSPS) is 8.64. The molecule has 0 fully saturated rings. The SMILES string of the molecule is Cc1ccccc1N(C)C.[H-].[K+].